The van der Waals surface area contributed by atoms with E-state index in [0.717, 1.165) is 28.0 Å². The molecule has 0 unspecified atom stereocenters. The highest BCUT2D eigenvalue weighted by Crippen LogP contribution is 2.34. The van der Waals surface area contributed by atoms with Gasteiger partial charge in [0.25, 0.3) is 5.56 Å². The maximum atomic E-state index is 13.1. The van der Waals surface area contributed by atoms with Crippen molar-refractivity contribution in [2.75, 3.05) is 5.32 Å². The number of anilines is 1. The van der Waals surface area contributed by atoms with E-state index in [4.69, 9.17) is 0 Å². The van der Waals surface area contributed by atoms with Gasteiger partial charge in [-0.05, 0) is 18.6 Å². The molecular formula is C19H16F3N3O4S. The molecule has 0 bridgehead atoms. The Kier molecular flexibility index (Phi) is 5.92. The fourth-order valence-corrected chi connectivity index (χ4v) is 3.90. The number of hydrogen-bond donors (Lipinski definition) is 2. The lowest BCUT2D eigenvalue weighted by Gasteiger charge is -2.15. The van der Waals surface area contributed by atoms with Crippen LogP contribution in [0.1, 0.15) is 35.1 Å². The number of halogens is 3. The number of aryl methyl sites for hydroxylation is 1. The smallest absolute Gasteiger partial charge is 0.418 e. The summed E-state index contributed by atoms with van der Waals surface area (Å²) in [6.45, 7) is 1.23. The maximum absolute atomic E-state index is 13.1. The molecule has 2 N–H and O–H groups in total. The number of alkyl halides is 3. The molecule has 3 rings (SSSR count). The number of carbonyl (C=O) groups is 2. The molecule has 0 fully saturated rings. The molecule has 0 aliphatic heterocycles. The summed E-state index contributed by atoms with van der Waals surface area (Å²) in [4.78, 5) is 41.3. The average Bonchev–Trinajstić information content (AvgIpc) is 3.09. The number of amides is 1. The minimum absolute atomic E-state index is 0.129. The number of thiophene rings is 1. The first kappa shape index (κ1) is 21.5. The Morgan fingerprint density at radius 1 is 1.27 bits per heavy atom. The first-order chi connectivity index (χ1) is 14.1. The van der Waals surface area contributed by atoms with E-state index < -0.39 is 41.4 Å². The van der Waals surface area contributed by atoms with Gasteiger partial charge in [-0.25, -0.2) is 9.78 Å². The lowest BCUT2D eigenvalue weighted by atomic mass is 10.1. The topological polar surface area (TPSA) is 101 Å². The van der Waals surface area contributed by atoms with Gasteiger partial charge in [0.2, 0.25) is 5.91 Å². The quantitative estimate of drug-likeness (QED) is 0.609. The minimum atomic E-state index is -4.67. The van der Waals surface area contributed by atoms with Crippen LogP contribution in [0.3, 0.4) is 0 Å². The van der Waals surface area contributed by atoms with Crippen LogP contribution in [-0.2, 0) is 23.9 Å². The van der Waals surface area contributed by atoms with Gasteiger partial charge < -0.3 is 10.4 Å². The molecule has 0 saturated heterocycles. The second kappa shape index (κ2) is 8.27. The zero-order valence-electron chi connectivity index (χ0n) is 15.6. The lowest BCUT2D eigenvalue weighted by Crippen LogP contribution is -2.31. The van der Waals surface area contributed by atoms with Crippen molar-refractivity contribution in [1.29, 1.82) is 0 Å². The molecule has 2 heterocycles. The highest BCUT2D eigenvalue weighted by molar-refractivity contribution is 7.17. The van der Waals surface area contributed by atoms with E-state index in [9.17, 15) is 32.7 Å². The molecular weight excluding hydrogens is 423 g/mol. The second-order valence-electron chi connectivity index (χ2n) is 6.40. The number of benzene rings is 1. The van der Waals surface area contributed by atoms with Gasteiger partial charge in [0.05, 0.1) is 22.2 Å². The number of rotatable bonds is 6. The average molecular weight is 439 g/mol. The molecule has 1 aromatic carbocycles. The van der Waals surface area contributed by atoms with Crippen molar-refractivity contribution in [3.8, 4) is 0 Å². The van der Waals surface area contributed by atoms with Crippen molar-refractivity contribution in [2.45, 2.75) is 32.5 Å². The molecule has 30 heavy (non-hydrogen) atoms. The molecule has 0 radical (unpaired) electrons. The van der Waals surface area contributed by atoms with Crippen molar-refractivity contribution in [3.05, 3.63) is 57.0 Å². The van der Waals surface area contributed by atoms with E-state index in [0.29, 0.717) is 12.8 Å². The Labute approximate surface area is 171 Å². The first-order valence-electron chi connectivity index (χ1n) is 8.83. The summed E-state index contributed by atoms with van der Waals surface area (Å²) < 4.78 is 40.4. The maximum Gasteiger partial charge on any atom is 0.418 e. The number of para-hydroxylation sites is 1. The number of aromatic carboxylic acids is 1. The molecule has 1 amide bonds. The van der Waals surface area contributed by atoms with Gasteiger partial charge in [0.15, 0.2) is 0 Å². The fourth-order valence-electron chi connectivity index (χ4n) is 2.97. The number of hydrogen-bond acceptors (Lipinski definition) is 5. The van der Waals surface area contributed by atoms with Crippen molar-refractivity contribution in [1.82, 2.24) is 9.55 Å². The van der Waals surface area contributed by atoms with Crippen LogP contribution in [0.15, 0.2) is 34.4 Å². The minimum Gasteiger partial charge on any atom is -0.478 e. The Bertz CT molecular complexity index is 1180. The molecule has 0 atom stereocenters. The fraction of sp³-hybridized carbons (Fsp3) is 0.263. The highest BCUT2D eigenvalue weighted by Gasteiger charge is 2.33. The van der Waals surface area contributed by atoms with Gasteiger partial charge in [0.1, 0.15) is 17.2 Å². The number of carboxylic acids is 1. The largest absolute Gasteiger partial charge is 0.478 e. The normalized spacial score (nSPS) is 11.6. The number of carbonyl (C=O) groups excluding carboxylic acids is 1. The van der Waals surface area contributed by atoms with Crippen LogP contribution >= 0.6 is 11.3 Å². The predicted molar refractivity (Wildman–Crippen MR) is 105 cm³/mol. The number of nitrogens with one attached hydrogen (secondary N) is 1. The van der Waals surface area contributed by atoms with Crippen molar-refractivity contribution >= 4 is 39.1 Å². The molecule has 0 aliphatic carbocycles. The van der Waals surface area contributed by atoms with Crippen molar-refractivity contribution < 1.29 is 27.9 Å². The monoisotopic (exact) mass is 439 g/mol. The van der Waals surface area contributed by atoms with E-state index in [1.807, 2.05) is 6.92 Å². The summed E-state index contributed by atoms with van der Waals surface area (Å²) in [6.07, 6.45) is -3.74. The molecule has 3 aromatic rings. The Morgan fingerprint density at radius 2 is 1.97 bits per heavy atom. The van der Waals surface area contributed by atoms with Crippen LogP contribution < -0.4 is 10.9 Å². The number of aromatic nitrogens is 2. The van der Waals surface area contributed by atoms with E-state index in [1.54, 1.807) is 0 Å². The third-order valence-corrected chi connectivity index (χ3v) is 5.16. The van der Waals surface area contributed by atoms with Gasteiger partial charge in [-0.1, -0.05) is 19.1 Å². The number of nitrogens with zero attached hydrogens (tertiary/aromatic N) is 2. The zero-order chi connectivity index (χ0) is 22.1. The van der Waals surface area contributed by atoms with E-state index in [-0.39, 0.29) is 21.6 Å². The number of fused-ring (bicyclic) bond motifs is 1. The third-order valence-electron chi connectivity index (χ3n) is 4.29. The first-order valence-corrected chi connectivity index (χ1v) is 9.71. The van der Waals surface area contributed by atoms with Gasteiger partial charge in [-0.3, -0.25) is 14.2 Å². The van der Waals surface area contributed by atoms with Crippen LogP contribution in [0.4, 0.5) is 18.9 Å². The highest BCUT2D eigenvalue weighted by atomic mass is 32.1. The van der Waals surface area contributed by atoms with Crippen LogP contribution in [0.25, 0.3) is 10.2 Å². The molecule has 158 valence electrons. The summed E-state index contributed by atoms with van der Waals surface area (Å²) in [5.41, 5.74) is -2.40. The lowest BCUT2D eigenvalue weighted by molar-refractivity contribution is -0.137. The van der Waals surface area contributed by atoms with Gasteiger partial charge in [0, 0.05) is 11.8 Å². The van der Waals surface area contributed by atoms with E-state index in [1.165, 1.54) is 17.5 Å². The van der Waals surface area contributed by atoms with Gasteiger partial charge in [-0.15, -0.1) is 11.3 Å². The van der Waals surface area contributed by atoms with Gasteiger partial charge in [-0.2, -0.15) is 13.2 Å². The molecule has 2 aromatic heterocycles. The Balaban J connectivity index is 2.01. The Morgan fingerprint density at radius 3 is 2.60 bits per heavy atom. The van der Waals surface area contributed by atoms with Crippen LogP contribution in [0.5, 0.6) is 0 Å². The van der Waals surface area contributed by atoms with Crippen LogP contribution in [0.2, 0.25) is 0 Å². The summed E-state index contributed by atoms with van der Waals surface area (Å²) in [6, 6.07) is 4.49. The van der Waals surface area contributed by atoms with E-state index in [2.05, 4.69) is 10.3 Å². The zero-order valence-corrected chi connectivity index (χ0v) is 16.4. The van der Waals surface area contributed by atoms with Crippen molar-refractivity contribution in [2.24, 2.45) is 0 Å². The summed E-state index contributed by atoms with van der Waals surface area (Å²) in [5.74, 6) is -1.91. The summed E-state index contributed by atoms with van der Waals surface area (Å²) >= 11 is 1.00. The standard InChI is InChI=1S/C19H16F3N3O4S/c1-2-5-13-24-16-15(10(9-30-16)18(28)29)17(27)25(13)8-14(26)23-12-7-4-3-6-11(12)19(20,21)22/h3-4,6-7,9H,2,5,8H2,1H3,(H,23,26)(H,28,29). The molecule has 0 aliphatic rings. The Hall–Kier alpha value is -3.21. The summed E-state index contributed by atoms with van der Waals surface area (Å²) in [7, 11) is 0. The SMILES string of the molecule is CCCc1nc2scc(C(=O)O)c2c(=O)n1CC(=O)Nc1ccccc1C(F)(F)F. The number of carboxylic acid groups (broad SMARTS) is 1. The van der Waals surface area contributed by atoms with Crippen molar-refractivity contribution in [3.63, 3.8) is 0 Å². The van der Waals surface area contributed by atoms with Crippen LogP contribution in [-0.4, -0.2) is 26.5 Å². The van der Waals surface area contributed by atoms with E-state index >= 15 is 0 Å². The third kappa shape index (κ3) is 4.20. The molecule has 7 nitrogen and oxygen atoms in total. The second-order valence-corrected chi connectivity index (χ2v) is 7.25. The van der Waals surface area contributed by atoms with Crippen LogP contribution in [0, 0.1) is 0 Å². The predicted octanol–water partition coefficient (Wildman–Crippen LogP) is 3.77. The summed E-state index contributed by atoms with van der Waals surface area (Å²) in [5, 5.41) is 12.6. The molecule has 0 saturated carbocycles. The molecule has 0 spiro atoms. The molecule has 11 heteroatoms. The van der Waals surface area contributed by atoms with Gasteiger partial charge >= 0.3 is 12.1 Å².